The van der Waals surface area contributed by atoms with E-state index in [9.17, 15) is 4.79 Å². The van der Waals surface area contributed by atoms with Crippen molar-refractivity contribution >= 4 is 5.91 Å². The number of carbonyl (C=O) groups is 1. The SMILES string of the molecule is COc1cccc(OCC(=O)n2ccnc2)c1OC. The maximum atomic E-state index is 11.8. The van der Waals surface area contributed by atoms with Gasteiger partial charge in [0.25, 0.3) is 5.91 Å². The highest BCUT2D eigenvalue weighted by Crippen LogP contribution is 2.36. The lowest BCUT2D eigenvalue weighted by Gasteiger charge is -2.13. The third-order valence-electron chi connectivity index (χ3n) is 2.51. The van der Waals surface area contributed by atoms with Gasteiger partial charge in [-0.2, -0.15) is 0 Å². The van der Waals surface area contributed by atoms with Gasteiger partial charge < -0.3 is 14.2 Å². The van der Waals surface area contributed by atoms with E-state index in [2.05, 4.69) is 4.98 Å². The largest absolute Gasteiger partial charge is 0.493 e. The number of carbonyl (C=O) groups excluding carboxylic acids is 1. The monoisotopic (exact) mass is 262 g/mol. The number of para-hydroxylation sites is 1. The Balaban J connectivity index is 2.09. The Bertz CT molecular complexity index is 552. The zero-order chi connectivity index (χ0) is 13.7. The Labute approximate surface area is 110 Å². The van der Waals surface area contributed by atoms with Crippen molar-refractivity contribution in [1.29, 1.82) is 0 Å². The zero-order valence-electron chi connectivity index (χ0n) is 10.7. The molecule has 0 atom stereocenters. The fraction of sp³-hybridized carbons (Fsp3) is 0.231. The summed E-state index contributed by atoms with van der Waals surface area (Å²) in [5.74, 6) is 1.25. The number of methoxy groups -OCH3 is 2. The molecule has 0 N–H and O–H groups in total. The van der Waals surface area contributed by atoms with E-state index < -0.39 is 0 Å². The van der Waals surface area contributed by atoms with E-state index in [1.807, 2.05) is 0 Å². The minimum absolute atomic E-state index is 0.111. The minimum atomic E-state index is -0.220. The summed E-state index contributed by atoms with van der Waals surface area (Å²) < 4.78 is 17.2. The first-order valence-corrected chi connectivity index (χ1v) is 5.61. The molecular weight excluding hydrogens is 248 g/mol. The number of hydrogen-bond donors (Lipinski definition) is 0. The van der Waals surface area contributed by atoms with Crippen molar-refractivity contribution in [3.63, 3.8) is 0 Å². The fourth-order valence-corrected chi connectivity index (χ4v) is 1.59. The molecule has 0 amide bonds. The van der Waals surface area contributed by atoms with Crippen molar-refractivity contribution in [3.8, 4) is 17.2 Å². The molecule has 0 aliphatic heterocycles. The van der Waals surface area contributed by atoms with Crippen LogP contribution in [0.1, 0.15) is 4.79 Å². The van der Waals surface area contributed by atoms with E-state index in [0.717, 1.165) is 0 Å². The van der Waals surface area contributed by atoms with Crippen LogP contribution in [0.2, 0.25) is 0 Å². The van der Waals surface area contributed by atoms with E-state index in [1.54, 1.807) is 24.4 Å². The van der Waals surface area contributed by atoms with E-state index >= 15 is 0 Å². The van der Waals surface area contributed by atoms with E-state index in [1.165, 1.54) is 31.3 Å². The molecule has 2 rings (SSSR count). The summed E-state index contributed by atoms with van der Waals surface area (Å²) in [6.45, 7) is -0.111. The molecule has 0 aliphatic rings. The maximum absolute atomic E-state index is 11.8. The molecule has 0 saturated carbocycles. The molecule has 1 aromatic heterocycles. The molecule has 6 nitrogen and oxygen atoms in total. The lowest BCUT2D eigenvalue weighted by molar-refractivity contribution is 0.0835. The van der Waals surface area contributed by atoms with Crippen LogP contribution < -0.4 is 14.2 Å². The molecule has 1 heterocycles. The molecule has 0 bridgehead atoms. The van der Waals surface area contributed by atoms with Gasteiger partial charge in [-0.1, -0.05) is 6.07 Å². The predicted molar refractivity (Wildman–Crippen MR) is 67.9 cm³/mol. The van der Waals surface area contributed by atoms with Crippen molar-refractivity contribution in [1.82, 2.24) is 9.55 Å². The van der Waals surface area contributed by atoms with Crippen LogP contribution in [-0.4, -0.2) is 36.3 Å². The maximum Gasteiger partial charge on any atom is 0.269 e. The molecule has 0 fully saturated rings. The van der Waals surface area contributed by atoms with Crippen LogP contribution in [0, 0.1) is 0 Å². The first kappa shape index (κ1) is 12.9. The van der Waals surface area contributed by atoms with Gasteiger partial charge >= 0.3 is 0 Å². The van der Waals surface area contributed by atoms with Gasteiger partial charge in [-0.15, -0.1) is 0 Å². The van der Waals surface area contributed by atoms with Gasteiger partial charge in [-0.25, -0.2) is 4.98 Å². The number of ether oxygens (including phenoxy) is 3. The summed E-state index contributed by atoms with van der Waals surface area (Å²) in [6.07, 6.45) is 4.52. The Morgan fingerprint density at radius 1 is 1.26 bits per heavy atom. The topological polar surface area (TPSA) is 62.6 Å². The summed E-state index contributed by atoms with van der Waals surface area (Å²) >= 11 is 0. The highest BCUT2D eigenvalue weighted by Gasteiger charge is 2.12. The lowest BCUT2D eigenvalue weighted by Crippen LogP contribution is -2.18. The summed E-state index contributed by atoms with van der Waals surface area (Å²) in [5, 5.41) is 0. The van der Waals surface area contributed by atoms with Gasteiger partial charge in [0.1, 0.15) is 6.33 Å². The summed E-state index contributed by atoms with van der Waals surface area (Å²) in [4.78, 5) is 15.6. The average Bonchev–Trinajstić information content (AvgIpc) is 2.98. The summed E-state index contributed by atoms with van der Waals surface area (Å²) in [7, 11) is 3.06. The van der Waals surface area contributed by atoms with Crippen LogP contribution in [0.3, 0.4) is 0 Å². The molecule has 19 heavy (non-hydrogen) atoms. The predicted octanol–water partition coefficient (Wildman–Crippen LogP) is 1.62. The van der Waals surface area contributed by atoms with E-state index in [0.29, 0.717) is 17.2 Å². The highest BCUT2D eigenvalue weighted by molar-refractivity contribution is 5.80. The summed E-state index contributed by atoms with van der Waals surface area (Å²) in [6, 6.07) is 5.23. The smallest absolute Gasteiger partial charge is 0.269 e. The van der Waals surface area contributed by atoms with Crippen LogP contribution in [0.25, 0.3) is 0 Å². The molecular formula is C13H14N2O4. The fourth-order valence-electron chi connectivity index (χ4n) is 1.59. The quantitative estimate of drug-likeness (QED) is 0.819. The van der Waals surface area contributed by atoms with Crippen LogP contribution in [-0.2, 0) is 0 Å². The molecule has 0 unspecified atom stereocenters. The van der Waals surface area contributed by atoms with Gasteiger partial charge in [0.2, 0.25) is 5.75 Å². The second-order valence-electron chi connectivity index (χ2n) is 3.64. The van der Waals surface area contributed by atoms with Crippen molar-refractivity contribution in [2.45, 2.75) is 0 Å². The Morgan fingerprint density at radius 3 is 2.68 bits per heavy atom. The summed E-state index contributed by atoms with van der Waals surface area (Å²) in [5.41, 5.74) is 0. The third kappa shape index (κ3) is 2.85. The average molecular weight is 262 g/mol. The molecule has 2 aromatic rings. The number of rotatable bonds is 5. The number of benzene rings is 1. The van der Waals surface area contributed by atoms with E-state index in [-0.39, 0.29) is 12.5 Å². The lowest BCUT2D eigenvalue weighted by atomic mass is 10.3. The van der Waals surface area contributed by atoms with Gasteiger partial charge in [0, 0.05) is 12.4 Å². The van der Waals surface area contributed by atoms with Gasteiger partial charge in [-0.05, 0) is 12.1 Å². The van der Waals surface area contributed by atoms with Crippen molar-refractivity contribution in [3.05, 3.63) is 36.9 Å². The van der Waals surface area contributed by atoms with Crippen molar-refractivity contribution in [2.75, 3.05) is 20.8 Å². The Morgan fingerprint density at radius 2 is 2.05 bits per heavy atom. The number of imidazole rings is 1. The Kier molecular flexibility index (Phi) is 4.02. The van der Waals surface area contributed by atoms with Crippen LogP contribution in [0.5, 0.6) is 17.2 Å². The minimum Gasteiger partial charge on any atom is -0.493 e. The van der Waals surface area contributed by atoms with Gasteiger partial charge in [0.05, 0.1) is 14.2 Å². The molecule has 1 aromatic carbocycles. The standard InChI is InChI=1S/C13H14N2O4/c1-17-10-4-3-5-11(13(10)18-2)19-8-12(16)15-7-6-14-9-15/h3-7,9H,8H2,1-2H3. The highest BCUT2D eigenvalue weighted by atomic mass is 16.5. The Hall–Kier alpha value is -2.50. The second kappa shape index (κ2) is 5.90. The second-order valence-corrected chi connectivity index (χ2v) is 3.64. The first-order chi connectivity index (χ1) is 9.26. The molecule has 100 valence electrons. The number of nitrogens with zero attached hydrogens (tertiary/aromatic N) is 2. The van der Waals surface area contributed by atoms with Gasteiger partial charge in [-0.3, -0.25) is 9.36 Å². The van der Waals surface area contributed by atoms with Crippen LogP contribution in [0.4, 0.5) is 0 Å². The number of hydrogen-bond acceptors (Lipinski definition) is 5. The van der Waals surface area contributed by atoms with Crippen LogP contribution >= 0.6 is 0 Å². The van der Waals surface area contributed by atoms with Gasteiger partial charge in [0.15, 0.2) is 18.1 Å². The van der Waals surface area contributed by atoms with E-state index in [4.69, 9.17) is 14.2 Å². The van der Waals surface area contributed by atoms with Crippen molar-refractivity contribution in [2.24, 2.45) is 0 Å². The van der Waals surface area contributed by atoms with Crippen molar-refractivity contribution < 1.29 is 19.0 Å². The number of aromatic nitrogens is 2. The molecule has 0 radical (unpaired) electrons. The molecule has 0 spiro atoms. The van der Waals surface area contributed by atoms with Crippen LogP contribution in [0.15, 0.2) is 36.9 Å². The molecule has 6 heteroatoms. The first-order valence-electron chi connectivity index (χ1n) is 5.61. The molecule has 0 saturated heterocycles. The molecule has 0 aliphatic carbocycles. The third-order valence-corrected chi connectivity index (χ3v) is 2.51. The normalized spacial score (nSPS) is 10.0. The zero-order valence-corrected chi connectivity index (χ0v) is 10.7.